The van der Waals surface area contributed by atoms with Gasteiger partial charge in [-0.05, 0) is 40.5 Å². The Kier molecular flexibility index (Phi) is 2.75. The lowest BCUT2D eigenvalue weighted by Gasteiger charge is -2.32. The zero-order chi connectivity index (χ0) is 14.8. The first-order valence-electron chi connectivity index (χ1n) is 6.96. The molecule has 20 heavy (non-hydrogen) atoms. The Morgan fingerprint density at radius 1 is 1.20 bits per heavy atom. The Labute approximate surface area is 118 Å². The molecule has 5 nitrogen and oxygen atoms in total. The molecule has 2 fully saturated rings. The maximum atomic E-state index is 12.2. The van der Waals surface area contributed by atoms with E-state index in [1.807, 2.05) is 27.7 Å². The maximum absolute atomic E-state index is 12.2. The third-order valence-electron chi connectivity index (χ3n) is 4.68. The fourth-order valence-electron chi connectivity index (χ4n) is 2.29. The first-order valence-corrected chi connectivity index (χ1v) is 6.96. The molecule has 0 unspecified atom stereocenters. The van der Waals surface area contributed by atoms with Gasteiger partial charge >= 0.3 is 7.12 Å². The number of aromatic amines is 1. The molecule has 3 rings (SSSR count). The fourth-order valence-corrected chi connectivity index (χ4v) is 2.29. The lowest BCUT2D eigenvalue weighted by molar-refractivity contribution is 0.00578. The second-order valence-electron chi connectivity index (χ2n) is 6.79. The van der Waals surface area contributed by atoms with E-state index in [0.29, 0.717) is 24.0 Å². The molecule has 2 heterocycles. The average Bonchev–Trinajstić information content (AvgIpc) is 3.01. The Morgan fingerprint density at radius 2 is 1.75 bits per heavy atom. The van der Waals surface area contributed by atoms with Gasteiger partial charge in [-0.1, -0.05) is 0 Å². The summed E-state index contributed by atoms with van der Waals surface area (Å²) >= 11 is 0. The van der Waals surface area contributed by atoms with Crippen LogP contribution in [-0.4, -0.2) is 28.4 Å². The van der Waals surface area contributed by atoms with Crippen molar-refractivity contribution in [2.75, 3.05) is 0 Å². The van der Waals surface area contributed by atoms with Gasteiger partial charge in [0.15, 0.2) is 5.43 Å². The average molecular weight is 277 g/mol. The normalized spacial score (nSPS) is 25.8. The van der Waals surface area contributed by atoms with E-state index >= 15 is 0 Å². The predicted octanol–water partition coefficient (Wildman–Crippen LogP) is 0.655. The highest BCUT2D eigenvalue weighted by Gasteiger charge is 2.52. The minimum Gasteiger partial charge on any atom is -0.399 e. The maximum Gasteiger partial charge on any atom is 0.500 e. The second kappa shape index (κ2) is 3.96. The van der Waals surface area contributed by atoms with Crippen LogP contribution in [0.15, 0.2) is 17.1 Å². The van der Waals surface area contributed by atoms with Gasteiger partial charge in [0.1, 0.15) is 5.60 Å². The molecule has 108 valence electrons. The summed E-state index contributed by atoms with van der Waals surface area (Å²) in [7, 11) is -0.674. The fraction of sp³-hybridized carbons (Fsp3) is 0.643. The topological polar surface area (TPSA) is 71.5 Å². The van der Waals surface area contributed by atoms with E-state index in [0.717, 1.165) is 0 Å². The number of hydrogen-bond acceptors (Lipinski definition) is 4. The molecule has 0 bridgehead atoms. The van der Waals surface area contributed by atoms with Crippen molar-refractivity contribution in [3.8, 4) is 0 Å². The summed E-state index contributed by atoms with van der Waals surface area (Å²) in [5, 5.41) is 10.0. The van der Waals surface area contributed by atoms with E-state index < -0.39 is 23.9 Å². The highest BCUT2D eigenvalue weighted by Crippen LogP contribution is 2.43. The van der Waals surface area contributed by atoms with Crippen LogP contribution in [-0.2, 0) is 14.9 Å². The summed E-state index contributed by atoms with van der Waals surface area (Å²) in [5.41, 5.74) is -0.945. The molecule has 1 aliphatic carbocycles. The van der Waals surface area contributed by atoms with E-state index in [-0.39, 0.29) is 5.43 Å². The van der Waals surface area contributed by atoms with Crippen LogP contribution in [0.2, 0.25) is 0 Å². The molecule has 1 saturated heterocycles. The molecule has 0 aromatic carbocycles. The number of pyridine rings is 1. The molecule has 2 aliphatic rings. The quantitative estimate of drug-likeness (QED) is 0.779. The first-order chi connectivity index (χ1) is 9.15. The summed E-state index contributed by atoms with van der Waals surface area (Å²) < 4.78 is 11.7. The van der Waals surface area contributed by atoms with Gasteiger partial charge in [-0.25, -0.2) is 0 Å². The van der Waals surface area contributed by atoms with Crippen molar-refractivity contribution in [2.24, 2.45) is 0 Å². The van der Waals surface area contributed by atoms with Crippen molar-refractivity contribution in [3.05, 3.63) is 28.2 Å². The zero-order valence-electron chi connectivity index (χ0n) is 12.3. The van der Waals surface area contributed by atoms with Crippen LogP contribution < -0.4 is 10.9 Å². The Hall–Kier alpha value is -1.11. The van der Waals surface area contributed by atoms with Gasteiger partial charge in [0.05, 0.1) is 16.9 Å². The van der Waals surface area contributed by atoms with E-state index in [1.54, 1.807) is 6.20 Å². The Bertz CT molecular complexity index is 587. The molecular formula is C14H20BNO4. The molecule has 0 spiro atoms. The molecular weight excluding hydrogens is 257 g/mol. The smallest absolute Gasteiger partial charge is 0.399 e. The number of aliphatic hydroxyl groups is 1. The van der Waals surface area contributed by atoms with Gasteiger partial charge < -0.3 is 19.4 Å². The lowest BCUT2D eigenvalue weighted by atomic mass is 9.80. The van der Waals surface area contributed by atoms with Gasteiger partial charge in [0.25, 0.3) is 0 Å². The highest BCUT2D eigenvalue weighted by molar-refractivity contribution is 6.61. The molecule has 0 atom stereocenters. The van der Waals surface area contributed by atoms with Crippen molar-refractivity contribution in [1.29, 1.82) is 0 Å². The monoisotopic (exact) mass is 277 g/mol. The van der Waals surface area contributed by atoms with Crippen LogP contribution in [0.25, 0.3) is 0 Å². The Balaban J connectivity index is 1.91. The van der Waals surface area contributed by atoms with Gasteiger partial charge in [-0.2, -0.15) is 0 Å². The molecule has 1 aromatic rings. The van der Waals surface area contributed by atoms with Crippen molar-refractivity contribution in [2.45, 2.75) is 57.3 Å². The van der Waals surface area contributed by atoms with Crippen LogP contribution in [0.5, 0.6) is 0 Å². The van der Waals surface area contributed by atoms with Crippen LogP contribution in [0.1, 0.15) is 46.2 Å². The zero-order valence-corrected chi connectivity index (χ0v) is 12.3. The van der Waals surface area contributed by atoms with Gasteiger partial charge in [-0.3, -0.25) is 4.79 Å². The van der Waals surface area contributed by atoms with Crippen molar-refractivity contribution in [1.82, 2.24) is 4.98 Å². The summed E-state index contributed by atoms with van der Waals surface area (Å²) in [6, 6.07) is 1.45. The standard InChI is InChI=1S/C14H20BNO4/c1-12(2)13(3,4)20-15(19-12)9-8-16-11(7-10(9)17)14(18)5-6-14/h7-8,18H,5-6H2,1-4H3,(H,16,17). The molecule has 1 aliphatic heterocycles. The van der Waals surface area contributed by atoms with Crippen LogP contribution in [0, 0.1) is 0 Å². The number of aromatic nitrogens is 1. The second-order valence-corrected chi connectivity index (χ2v) is 6.79. The molecule has 1 aromatic heterocycles. The third kappa shape index (κ3) is 2.03. The van der Waals surface area contributed by atoms with Gasteiger partial charge in [0.2, 0.25) is 0 Å². The molecule has 2 N–H and O–H groups in total. The van der Waals surface area contributed by atoms with Gasteiger partial charge in [-0.15, -0.1) is 0 Å². The third-order valence-corrected chi connectivity index (χ3v) is 4.68. The number of nitrogens with one attached hydrogen (secondary N) is 1. The van der Waals surface area contributed by atoms with Crippen molar-refractivity contribution in [3.63, 3.8) is 0 Å². The highest BCUT2D eigenvalue weighted by atomic mass is 16.7. The number of hydrogen-bond donors (Lipinski definition) is 2. The summed E-state index contributed by atoms with van der Waals surface area (Å²) in [6.07, 6.45) is 2.98. The molecule has 6 heteroatoms. The van der Waals surface area contributed by atoms with E-state index in [2.05, 4.69) is 4.98 Å². The number of rotatable bonds is 2. The molecule has 0 radical (unpaired) electrons. The molecule has 1 saturated carbocycles. The minimum atomic E-state index is -0.840. The van der Waals surface area contributed by atoms with Crippen LogP contribution in [0.4, 0.5) is 0 Å². The lowest BCUT2D eigenvalue weighted by Crippen LogP contribution is -2.44. The van der Waals surface area contributed by atoms with Crippen molar-refractivity contribution >= 4 is 12.6 Å². The SMILES string of the molecule is CC1(C)OB(c2c[nH]c(C3(O)CC3)cc2=O)OC1(C)C. The van der Waals surface area contributed by atoms with E-state index in [1.165, 1.54) is 6.07 Å². The van der Waals surface area contributed by atoms with E-state index in [4.69, 9.17) is 9.31 Å². The summed E-state index contributed by atoms with van der Waals surface area (Å²) in [4.78, 5) is 15.2. The number of H-pyrrole nitrogens is 1. The minimum absolute atomic E-state index is 0.169. The van der Waals surface area contributed by atoms with Crippen LogP contribution in [0.3, 0.4) is 0 Å². The molecule has 0 amide bonds. The van der Waals surface area contributed by atoms with E-state index in [9.17, 15) is 9.90 Å². The van der Waals surface area contributed by atoms with Crippen molar-refractivity contribution < 1.29 is 14.4 Å². The Morgan fingerprint density at radius 3 is 2.20 bits per heavy atom. The first kappa shape index (κ1) is 13.9. The summed E-state index contributed by atoms with van der Waals surface area (Å²) in [6.45, 7) is 7.79. The van der Waals surface area contributed by atoms with Gasteiger partial charge in [0, 0.05) is 17.7 Å². The van der Waals surface area contributed by atoms with Crippen LogP contribution >= 0.6 is 0 Å². The predicted molar refractivity (Wildman–Crippen MR) is 75.9 cm³/mol. The summed E-state index contributed by atoms with van der Waals surface area (Å²) in [5.74, 6) is 0. The largest absolute Gasteiger partial charge is 0.500 e.